The van der Waals surface area contributed by atoms with Gasteiger partial charge >= 0.3 is 0 Å². The first-order chi connectivity index (χ1) is 22.8. The van der Waals surface area contributed by atoms with Crippen molar-refractivity contribution in [2.24, 2.45) is 5.41 Å². The van der Waals surface area contributed by atoms with Crippen LogP contribution >= 0.6 is 0 Å². The summed E-state index contributed by atoms with van der Waals surface area (Å²) < 4.78 is 26.0. The molecule has 244 valence electrons. The summed E-state index contributed by atoms with van der Waals surface area (Å²) in [6.45, 7) is 8.55. The lowest BCUT2D eigenvalue weighted by atomic mass is 9.87. The van der Waals surface area contributed by atoms with E-state index in [1.807, 2.05) is 30.7 Å². The van der Waals surface area contributed by atoms with Gasteiger partial charge in [0.05, 0.1) is 49.9 Å². The molecule has 11 heteroatoms. The number of piperazine rings is 1. The van der Waals surface area contributed by atoms with Gasteiger partial charge in [-0.25, -0.2) is 14.5 Å². The molecule has 9 rings (SSSR count). The molecule has 0 radical (unpaired) electrons. The van der Waals surface area contributed by atoms with Gasteiger partial charge in [-0.3, -0.25) is 4.90 Å². The van der Waals surface area contributed by atoms with E-state index in [1.165, 1.54) is 12.0 Å². The zero-order valence-electron chi connectivity index (χ0n) is 27.3. The van der Waals surface area contributed by atoms with Crippen LogP contribution < -0.4 is 14.4 Å². The third-order valence-electron chi connectivity index (χ3n) is 10.3. The first-order valence-corrected chi connectivity index (χ1v) is 16.6. The number of aromatic nitrogens is 4. The van der Waals surface area contributed by atoms with E-state index in [9.17, 15) is 5.26 Å². The Kier molecular flexibility index (Phi) is 7.54. The standard InChI is InChI=1S/C36H41N7O4/c1-35(2)22-45-36(46-23-35)10-8-29(9-11-36)47-30-13-31(34-26(14-37)17-40-43(34)21-30)25-5-6-32(38-16-25)41-19-27-12-28(20-41)42(27)18-24-4-7-33(44-3)39-15-24/h4-7,13,15-17,21,27-29H,8-12,18-20,22-23H2,1-3H3. The molecule has 4 aromatic heterocycles. The number of anilines is 1. The molecule has 0 aromatic carbocycles. The maximum absolute atomic E-state index is 9.87. The molecule has 5 aliphatic rings. The molecule has 8 heterocycles. The van der Waals surface area contributed by atoms with Gasteiger partial charge < -0.3 is 23.8 Å². The normalized spacial score (nSPS) is 23.7. The minimum Gasteiger partial charge on any atom is -0.489 e. The largest absolute Gasteiger partial charge is 0.489 e. The Balaban J connectivity index is 0.958. The Morgan fingerprint density at radius 1 is 1.00 bits per heavy atom. The first-order valence-electron chi connectivity index (χ1n) is 16.6. The molecule has 0 amide bonds. The van der Waals surface area contributed by atoms with E-state index in [2.05, 4.69) is 58.0 Å². The number of nitrogens with zero attached hydrogens (tertiary/aromatic N) is 7. The van der Waals surface area contributed by atoms with Gasteiger partial charge in [0.25, 0.3) is 0 Å². The predicted octanol–water partition coefficient (Wildman–Crippen LogP) is 5.23. The van der Waals surface area contributed by atoms with Crippen LogP contribution in [0.2, 0.25) is 0 Å². The van der Waals surface area contributed by atoms with Gasteiger partial charge in [0.15, 0.2) is 5.79 Å². The van der Waals surface area contributed by atoms with Crippen LogP contribution in [0.1, 0.15) is 57.1 Å². The molecule has 11 nitrogen and oxygen atoms in total. The highest BCUT2D eigenvalue weighted by Crippen LogP contribution is 2.41. The number of ether oxygens (including phenoxy) is 4. The number of hydrogen-bond acceptors (Lipinski definition) is 10. The summed E-state index contributed by atoms with van der Waals surface area (Å²) in [5, 5.41) is 14.4. The van der Waals surface area contributed by atoms with E-state index in [0.29, 0.717) is 36.7 Å². The molecule has 2 unspecified atom stereocenters. The lowest BCUT2D eigenvalue weighted by molar-refractivity contribution is -0.313. The van der Waals surface area contributed by atoms with E-state index in [-0.39, 0.29) is 11.5 Å². The highest BCUT2D eigenvalue weighted by molar-refractivity contribution is 5.85. The van der Waals surface area contributed by atoms with Gasteiger partial charge in [-0.05, 0) is 43.0 Å². The molecule has 1 saturated carbocycles. The minimum atomic E-state index is -0.483. The number of pyridine rings is 3. The van der Waals surface area contributed by atoms with E-state index >= 15 is 0 Å². The third kappa shape index (κ3) is 5.79. The Morgan fingerprint density at radius 3 is 2.45 bits per heavy atom. The monoisotopic (exact) mass is 635 g/mol. The molecule has 1 aliphatic carbocycles. The summed E-state index contributed by atoms with van der Waals surface area (Å²) in [4.78, 5) is 14.2. The zero-order valence-corrected chi connectivity index (χ0v) is 27.3. The Hall–Kier alpha value is -4.24. The molecular formula is C36H41N7O4. The molecule has 4 aliphatic heterocycles. The number of methoxy groups -OCH3 is 1. The van der Waals surface area contributed by atoms with Crippen molar-refractivity contribution in [2.45, 2.75) is 76.5 Å². The summed E-state index contributed by atoms with van der Waals surface area (Å²) in [5.41, 5.74) is 4.33. The van der Waals surface area contributed by atoms with Crippen LogP contribution in [0.5, 0.6) is 11.6 Å². The van der Waals surface area contributed by atoms with Crippen LogP contribution in [0.15, 0.2) is 55.1 Å². The van der Waals surface area contributed by atoms with Crippen molar-refractivity contribution < 1.29 is 18.9 Å². The maximum atomic E-state index is 9.87. The average Bonchev–Trinajstić information content (AvgIpc) is 3.53. The summed E-state index contributed by atoms with van der Waals surface area (Å²) in [6, 6.07) is 13.5. The molecule has 4 aromatic rings. The molecular weight excluding hydrogens is 594 g/mol. The molecule has 5 fully saturated rings. The quantitative estimate of drug-likeness (QED) is 0.268. The highest BCUT2D eigenvalue weighted by Gasteiger charge is 2.45. The fraction of sp³-hybridized carbons (Fsp3) is 0.500. The lowest BCUT2D eigenvalue weighted by Gasteiger charge is -2.56. The van der Waals surface area contributed by atoms with E-state index in [0.717, 1.165) is 73.5 Å². The highest BCUT2D eigenvalue weighted by atomic mass is 16.7. The van der Waals surface area contributed by atoms with Crippen LogP contribution in [0.25, 0.3) is 16.6 Å². The van der Waals surface area contributed by atoms with Crippen LogP contribution in [-0.4, -0.2) is 81.9 Å². The Labute approximate surface area is 275 Å². The topological polar surface area (TPSA) is 110 Å². The second-order valence-electron chi connectivity index (χ2n) is 14.3. The molecule has 1 spiro atoms. The van der Waals surface area contributed by atoms with Crippen LogP contribution in [0.4, 0.5) is 5.82 Å². The van der Waals surface area contributed by atoms with E-state index < -0.39 is 5.79 Å². The second kappa shape index (κ2) is 11.8. The Morgan fingerprint density at radius 2 is 1.79 bits per heavy atom. The summed E-state index contributed by atoms with van der Waals surface area (Å²) in [5.74, 6) is 1.85. The van der Waals surface area contributed by atoms with E-state index in [4.69, 9.17) is 23.9 Å². The molecule has 4 saturated heterocycles. The summed E-state index contributed by atoms with van der Waals surface area (Å²) in [7, 11) is 1.64. The molecule has 2 bridgehead atoms. The van der Waals surface area contributed by atoms with Crippen molar-refractivity contribution in [3.63, 3.8) is 0 Å². The van der Waals surface area contributed by atoms with Crippen LogP contribution in [0.3, 0.4) is 0 Å². The van der Waals surface area contributed by atoms with Crippen LogP contribution in [0, 0.1) is 16.7 Å². The summed E-state index contributed by atoms with van der Waals surface area (Å²) in [6.07, 6.45) is 11.9. The third-order valence-corrected chi connectivity index (χ3v) is 10.3. The minimum absolute atomic E-state index is 0.0469. The number of fused-ring (bicyclic) bond motifs is 3. The fourth-order valence-corrected chi connectivity index (χ4v) is 7.53. The molecule has 2 atom stereocenters. The fourth-order valence-electron chi connectivity index (χ4n) is 7.53. The van der Waals surface area contributed by atoms with Crippen molar-refractivity contribution in [1.29, 1.82) is 5.26 Å². The number of nitriles is 1. The average molecular weight is 636 g/mol. The van der Waals surface area contributed by atoms with Gasteiger partial charge in [-0.1, -0.05) is 19.9 Å². The van der Waals surface area contributed by atoms with Gasteiger partial charge in [-0.2, -0.15) is 10.4 Å². The Bertz CT molecular complexity index is 1770. The van der Waals surface area contributed by atoms with Crippen LogP contribution in [-0.2, 0) is 16.0 Å². The lowest BCUT2D eigenvalue weighted by Crippen LogP contribution is -2.68. The van der Waals surface area contributed by atoms with Gasteiger partial charge in [0.1, 0.15) is 17.6 Å². The van der Waals surface area contributed by atoms with Crippen molar-refractivity contribution in [1.82, 2.24) is 24.5 Å². The first kappa shape index (κ1) is 30.1. The number of hydrogen-bond donors (Lipinski definition) is 0. The summed E-state index contributed by atoms with van der Waals surface area (Å²) >= 11 is 0. The van der Waals surface area contributed by atoms with Gasteiger partial charge in [0, 0.05) is 79.6 Å². The zero-order chi connectivity index (χ0) is 32.2. The maximum Gasteiger partial charge on any atom is 0.212 e. The number of piperidine rings is 1. The predicted molar refractivity (Wildman–Crippen MR) is 175 cm³/mol. The van der Waals surface area contributed by atoms with Crippen molar-refractivity contribution in [2.75, 3.05) is 38.3 Å². The molecule has 47 heavy (non-hydrogen) atoms. The second-order valence-corrected chi connectivity index (χ2v) is 14.3. The van der Waals surface area contributed by atoms with Gasteiger partial charge in [0.2, 0.25) is 5.88 Å². The molecule has 0 N–H and O–H groups in total. The van der Waals surface area contributed by atoms with Gasteiger partial charge in [-0.15, -0.1) is 0 Å². The van der Waals surface area contributed by atoms with Crippen molar-refractivity contribution in [3.05, 3.63) is 66.2 Å². The smallest absolute Gasteiger partial charge is 0.212 e. The van der Waals surface area contributed by atoms with Crippen molar-refractivity contribution in [3.8, 4) is 28.8 Å². The van der Waals surface area contributed by atoms with E-state index in [1.54, 1.807) is 17.8 Å². The SMILES string of the molecule is COc1ccc(CN2C3CC2CN(c2ccc(-c4cc(OC5CCC6(CC5)OCC(C)(C)CO6)cn5ncc(C#N)c45)cn2)C3)cn1. The number of rotatable bonds is 7. The van der Waals surface area contributed by atoms with Crippen molar-refractivity contribution >= 4 is 11.3 Å².